The molecule has 7 nitrogen and oxygen atoms in total. The number of methoxy groups -OCH3 is 1. The van der Waals surface area contributed by atoms with Gasteiger partial charge in [-0.2, -0.15) is 0 Å². The zero-order valence-corrected chi connectivity index (χ0v) is 16.5. The summed E-state index contributed by atoms with van der Waals surface area (Å²) >= 11 is 6.11. The first kappa shape index (κ1) is 19.9. The summed E-state index contributed by atoms with van der Waals surface area (Å²) in [5.74, 6) is -0.0354. The van der Waals surface area contributed by atoms with E-state index in [9.17, 15) is 9.59 Å². The molecule has 8 heteroatoms. The van der Waals surface area contributed by atoms with Crippen molar-refractivity contribution in [3.8, 4) is 5.75 Å². The summed E-state index contributed by atoms with van der Waals surface area (Å²) in [4.78, 5) is 27.6. The van der Waals surface area contributed by atoms with Crippen LogP contribution in [-0.4, -0.2) is 63.2 Å². The molecule has 0 radical (unpaired) electrons. The maximum atomic E-state index is 12.8. The highest BCUT2D eigenvalue weighted by Crippen LogP contribution is 2.47. The lowest BCUT2D eigenvalue weighted by atomic mass is 10.0. The Morgan fingerprint density at radius 2 is 1.96 bits per heavy atom. The molecule has 3 rings (SSSR count). The predicted molar refractivity (Wildman–Crippen MR) is 103 cm³/mol. The maximum absolute atomic E-state index is 12.8. The molecule has 1 saturated heterocycles. The van der Waals surface area contributed by atoms with Crippen molar-refractivity contribution in [1.82, 2.24) is 10.2 Å². The van der Waals surface area contributed by atoms with Crippen LogP contribution in [0.2, 0.25) is 5.02 Å². The number of nitrogens with one attached hydrogen (secondary N) is 2. The molecule has 0 unspecified atom stereocenters. The van der Waals surface area contributed by atoms with Gasteiger partial charge >= 0.3 is 0 Å². The first-order valence-corrected chi connectivity index (χ1v) is 9.58. The predicted octanol–water partition coefficient (Wildman–Crippen LogP) is 1.82. The lowest BCUT2D eigenvalue weighted by Gasteiger charge is -2.26. The molecule has 0 spiro atoms. The van der Waals surface area contributed by atoms with Gasteiger partial charge in [-0.05, 0) is 31.4 Å². The van der Waals surface area contributed by atoms with Crippen LogP contribution in [0.1, 0.15) is 18.4 Å². The summed E-state index contributed by atoms with van der Waals surface area (Å²) in [6, 6.07) is 3.42. The monoisotopic (exact) mass is 395 g/mol. The Labute approximate surface area is 164 Å². The Hall–Kier alpha value is -1.83. The topological polar surface area (TPSA) is 79.9 Å². The van der Waals surface area contributed by atoms with Crippen molar-refractivity contribution in [2.75, 3.05) is 51.8 Å². The fraction of sp³-hybridized carbons (Fsp3) is 0.579. The second-order valence-corrected chi connectivity index (χ2v) is 7.46. The van der Waals surface area contributed by atoms with Gasteiger partial charge in [0.2, 0.25) is 11.8 Å². The maximum Gasteiger partial charge on any atom is 0.240 e. The Bertz CT molecular complexity index is 715. The molecule has 2 fully saturated rings. The van der Waals surface area contributed by atoms with E-state index in [0.717, 1.165) is 38.4 Å². The van der Waals surface area contributed by atoms with E-state index < -0.39 is 5.41 Å². The molecule has 0 bridgehead atoms. The smallest absolute Gasteiger partial charge is 0.240 e. The van der Waals surface area contributed by atoms with Crippen LogP contribution in [0.4, 0.5) is 5.69 Å². The van der Waals surface area contributed by atoms with Gasteiger partial charge in [-0.25, -0.2) is 0 Å². The van der Waals surface area contributed by atoms with E-state index in [2.05, 4.69) is 15.5 Å². The van der Waals surface area contributed by atoms with Crippen molar-refractivity contribution in [1.29, 1.82) is 0 Å². The lowest BCUT2D eigenvalue weighted by Crippen LogP contribution is -2.45. The van der Waals surface area contributed by atoms with Gasteiger partial charge in [0.15, 0.2) is 0 Å². The van der Waals surface area contributed by atoms with Crippen LogP contribution in [-0.2, 0) is 14.3 Å². The molecule has 2 N–H and O–H groups in total. The molecule has 1 aliphatic heterocycles. The molecule has 1 aliphatic carbocycles. The van der Waals surface area contributed by atoms with E-state index in [1.807, 2.05) is 6.92 Å². The van der Waals surface area contributed by atoms with Crippen LogP contribution in [0.3, 0.4) is 0 Å². The number of nitrogens with zero attached hydrogens (tertiary/aromatic N) is 1. The highest BCUT2D eigenvalue weighted by molar-refractivity contribution is 6.31. The number of hydrogen-bond donors (Lipinski definition) is 2. The average molecular weight is 396 g/mol. The number of hydrogen-bond acceptors (Lipinski definition) is 5. The molecule has 27 heavy (non-hydrogen) atoms. The van der Waals surface area contributed by atoms with Crippen molar-refractivity contribution < 1.29 is 19.1 Å². The van der Waals surface area contributed by atoms with Gasteiger partial charge in [0.25, 0.3) is 0 Å². The summed E-state index contributed by atoms with van der Waals surface area (Å²) in [6.45, 7) is 6.33. The molecular weight excluding hydrogens is 370 g/mol. The Morgan fingerprint density at radius 3 is 2.59 bits per heavy atom. The van der Waals surface area contributed by atoms with E-state index in [-0.39, 0.29) is 11.8 Å². The summed E-state index contributed by atoms with van der Waals surface area (Å²) in [6.07, 6.45) is 1.11. The Balaban J connectivity index is 1.57. The number of amides is 2. The van der Waals surface area contributed by atoms with Gasteiger partial charge < -0.3 is 20.1 Å². The van der Waals surface area contributed by atoms with Gasteiger partial charge in [0.1, 0.15) is 11.2 Å². The van der Waals surface area contributed by atoms with E-state index in [1.165, 1.54) is 7.11 Å². The molecule has 0 aromatic heterocycles. The molecule has 1 aromatic carbocycles. The number of anilines is 1. The van der Waals surface area contributed by atoms with E-state index >= 15 is 0 Å². The van der Waals surface area contributed by atoms with Crippen LogP contribution < -0.4 is 15.4 Å². The molecule has 2 aliphatic rings. The average Bonchev–Trinajstić information content (AvgIpc) is 3.47. The highest BCUT2D eigenvalue weighted by atomic mass is 35.5. The largest absolute Gasteiger partial charge is 0.495 e. The fourth-order valence-electron chi connectivity index (χ4n) is 3.18. The van der Waals surface area contributed by atoms with Gasteiger partial charge in [0.05, 0.1) is 26.0 Å². The van der Waals surface area contributed by atoms with Crippen LogP contribution in [0.5, 0.6) is 5.75 Å². The molecule has 1 heterocycles. The van der Waals surface area contributed by atoms with Crippen LogP contribution in [0.15, 0.2) is 12.1 Å². The molecule has 1 aromatic rings. The van der Waals surface area contributed by atoms with Crippen LogP contribution >= 0.6 is 11.6 Å². The van der Waals surface area contributed by atoms with Gasteiger partial charge in [-0.1, -0.05) is 11.6 Å². The summed E-state index contributed by atoms with van der Waals surface area (Å²) in [5, 5.41) is 6.32. The molecule has 2 amide bonds. The van der Waals surface area contributed by atoms with Gasteiger partial charge in [0, 0.05) is 37.3 Å². The zero-order chi connectivity index (χ0) is 19.4. The summed E-state index contributed by atoms with van der Waals surface area (Å²) in [5.41, 5.74) is 0.369. The molecule has 1 saturated carbocycles. The minimum absolute atomic E-state index is 0.210. The standard InChI is InChI=1S/C19H26ClN3O4/c1-13-11-15(16(26-2)12-14(13)20)22-18(25)19(3-4-19)17(24)21-5-6-23-7-9-27-10-8-23/h11-12H,3-10H2,1-2H3,(H,21,24)(H,22,25). The lowest BCUT2D eigenvalue weighted by molar-refractivity contribution is -0.134. The molecule has 0 atom stereocenters. The number of morpholine rings is 1. The number of aryl methyl sites for hydroxylation is 1. The van der Waals surface area contributed by atoms with Crippen molar-refractivity contribution in [2.24, 2.45) is 5.41 Å². The Kier molecular flexibility index (Phi) is 6.24. The van der Waals surface area contributed by atoms with Gasteiger partial charge in [-0.3, -0.25) is 14.5 Å². The first-order chi connectivity index (χ1) is 13.0. The highest BCUT2D eigenvalue weighted by Gasteiger charge is 2.56. The second-order valence-electron chi connectivity index (χ2n) is 7.05. The van der Waals surface area contributed by atoms with Crippen molar-refractivity contribution >= 4 is 29.1 Å². The van der Waals surface area contributed by atoms with E-state index in [0.29, 0.717) is 35.8 Å². The van der Waals surface area contributed by atoms with Crippen molar-refractivity contribution in [3.63, 3.8) is 0 Å². The third kappa shape index (κ3) is 4.54. The summed E-state index contributed by atoms with van der Waals surface area (Å²) < 4.78 is 10.6. The molecular formula is C19H26ClN3O4. The minimum Gasteiger partial charge on any atom is -0.495 e. The van der Waals surface area contributed by atoms with Gasteiger partial charge in [-0.15, -0.1) is 0 Å². The van der Waals surface area contributed by atoms with Crippen molar-refractivity contribution in [2.45, 2.75) is 19.8 Å². The van der Waals surface area contributed by atoms with Crippen LogP contribution in [0, 0.1) is 12.3 Å². The van der Waals surface area contributed by atoms with Crippen LogP contribution in [0.25, 0.3) is 0 Å². The number of carbonyl (C=O) groups excluding carboxylic acids is 2. The number of benzene rings is 1. The minimum atomic E-state index is -0.983. The number of carbonyl (C=O) groups is 2. The third-order valence-corrected chi connectivity index (χ3v) is 5.57. The van der Waals surface area contributed by atoms with E-state index in [1.54, 1.807) is 12.1 Å². The SMILES string of the molecule is COc1cc(Cl)c(C)cc1NC(=O)C1(C(=O)NCCN2CCOCC2)CC1. The normalized spacial score (nSPS) is 18.6. The molecule has 148 valence electrons. The zero-order valence-electron chi connectivity index (χ0n) is 15.8. The van der Waals surface area contributed by atoms with Crippen molar-refractivity contribution in [3.05, 3.63) is 22.7 Å². The number of halogens is 1. The van der Waals surface area contributed by atoms with E-state index in [4.69, 9.17) is 21.1 Å². The quantitative estimate of drug-likeness (QED) is 0.688. The fourth-order valence-corrected chi connectivity index (χ4v) is 3.33. The second kappa shape index (κ2) is 8.46. The first-order valence-electron chi connectivity index (χ1n) is 9.20. The Morgan fingerprint density at radius 1 is 1.26 bits per heavy atom. The summed E-state index contributed by atoms with van der Waals surface area (Å²) in [7, 11) is 1.52. The number of rotatable bonds is 7. The third-order valence-electron chi connectivity index (χ3n) is 5.17. The number of ether oxygens (including phenoxy) is 2.